The third kappa shape index (κ3) is 2.96. The molecule has 3 aromatic rings. The fourth-order valence-electron chi connectivity index (χ4n) is 3.81. The van der Waals surface area contributed by atoms with Crippen LogP contribution in [-0.4, -0.2) is 62.1 Å². The van der Waals surface area contributed by atoms with Gasteiger partial charge in [-0.05, 0) is 37.8 Å². The van der Waals surface area contributed by atoms with Gasteiger partial charge in [-0.25, -0.2) is 0 Å². The zero-order valence-electron chi connectivity index (χ0n) is 16.1. The lowest BCUT2D eigenvalue weighted by Gasteiger charge is -2.26. The Morgan fingerprint density at radius 3 is 2.93 bits per heavy atom. The highest BCUT2D eigenvalue weighted by molar-refractivity contribution is 5.85. The van der Waals surface area contributed by atoms with E-state index in [2.05, 4.69) is 15.5 Å². The van der Waals surface area contributed by atoms with Gasteiger partial charge in [-0.15, -0.1) is 0 Å². The van der Waals surface area contributed by atoms with Crippen molar-refractivity contribution in [3.8, 4) is 0 Å². The predicted octanol–water partition coefficient (Wildman–Crippen LogP) is 2.13. The van der Waals surface area contributed by atoms with Gasteiger partial charge in [-0.3, -0.25) is 14.3 Å². The second-order valence-electron chi connectivity index (χ2n) is 7.78. The Bertz CT molecular complexity index is 1020. The maximum absolute atomic E-state index is 12.6. The molecule has 1 amide bonds. The van der Waals surface area contributed by atoms with Gasteiger partial charge in [-0.1, -0.05) is 0 Å². The molecule has 1 aliphatic heterocycles. The molecule has 0 bridgehead atoms. The molecule has 1 saturated heterocycles. The number of rotatable bonds is 5. The van der Waals surface area contributed by atoms with Crippen molar-refractivity contribution >= 4 is 29.3 Å². The third-order valence-corrected chi connectivity index (χ3v) is 5.47. The molecule has 2 N–H and O–H groups in total. The van der Waals surface area contributed by atoms with E-state index in [4.69, 9.17) is 9.97 Å². The van der Waals surface area contributed by atoms with Crippen molar-refractivity contribution in [1.29, 1.82) is 0 Å². The van der Waals surface area contributed by atoms with Crippen LogP contribution in [0.5, 0.6) is 0 Å². The number of carbonyl (C=O) groups excluding carboxylic acids is 1. The second kappa shape index (κ2) is 6.50. The summed E-state index contributed by atoms with van der Waals surface area (Å²) in [5.74, 6) is 2.65. The molecule has 2 fully saturated rings. The molecule has 1 saturated carbocycles. The molecular formula is C19H24N8O. The number of amides is 1. The number of likely N-dealkylation sites (N-methyl/N-ethyl adjacent to an activating group) is 1. The molecule has 1 atom stereocenters. The predicted molar refractivity (Wildman–Crippen MR) is 106 cm³/mol. The highest BCUT2D eigenvalue weighted by Gasteiger charge is 2.34. The molecule has 0 spiro atoms. The van der Waals surface area contributed by atoms with Crippen LogP contribution in [0, 0.1) is 0 Å². The molecule has 0 aromatic carbocycles. The lowest BCUT2D eigenvalue weighted by Crippen LogP contribution is -2.43. The van der Waals surface area contributed by atoms with E-state index in [1.165, 1.54) is 12.8 Å². The van der Waals surface area contributed by atoms with Crippen molar-refractivity contribution in [3.63, 3.8) is 0 Å². The van der Waals surface area contributed by atoms with Crippen LogP contribution >= 0.6 is 0 Å². The van der Waals surface area contributed by atoms with Gasteiger partial charge in [0.15, 0.2) is 5.82 Å². The first-order chi connectivity index (χ1) is 13.6. The van der Waals surface area contributed by atoms with Gasteiger partial charge >= 0.3 is 0 Å². The van der Waals surface area contributed by atoms with E-state index in [0.29, 0.717) is 17.8 Å². The van der Waals surface area contributed by atoms with Crippen molar-refractivity contribution < 1.29 is 4.79 Å². The normalized spacial score (nSPS) is 19.4. The van der Waals surface area contributed by atoms with E-state index in [-0.39, 0.29) is 11.9 Å². The van der Waals surface area contributed by atoms with Crippen LogP contribution in [0.2, 0.25) is 0 Å². The van der Waals surface area contributed by atoms with Gasteiger partial charge in [0, 0.05) is 44.5 Å². The summed E-state index contributed by atoms with van der Waals surface area (Å²) in [6, 6.07) is 5.70. The van der Waals surface area contributed by atoms with Gasteiger partial charge < -0.3 is 15.1 Å². The molecule has 3 aromatic heterocycles. The molecular weight excluding hydrogens is 356 g/mol. The number of nitrogens with one attached hydrogen (secondary N) is 2. The van der Waals surface area contributed by atoms with Crippen LogP contribution in [0.1, 0.15) is 37.3 Å². The highest BCUT2D eigenvalue weighted by Crippen LogP contribution is 2.39. The number of anilines is 3. The maximum Gasteiger partial charge on any atom is 0.244 e. The summed E-state index contributed by atoms with van der Waals surface area (Å²) < 4.78 is 1.90. The summed E-state index contributed by atoms with van der Waals surface area (Å²) in [5, 5.41) is 10.8. The van der Waals surface area contributed by atoms with Crippen molar-refractivity contribution in [2.24, 2.45) is 0 Å². The number of nitrogens with zero attached hydrogens (tertiary/aromatic N) is 6. The average Bonchev–Trinajstić information content (AvgIpc) is 3.10. The van der Waals surface area contributed by atoms with Crippen LogP contribution < -0.4 is 10.2 Å². The first-order valence-electron chi connectivity index (χ1n) is 9.75. The third-order valence-electron chi connectivity index (χ3n) is 5.47. The Labute approximate surface area is 162 Å². The molecule has 0 radical (unpaired) electrons. The molecule has 5 rings (SSSR count). The quantitative estimate of drug-likeness (QED) is 0.704. The van der Waals surface area contributed by atoms with Crippen molar-refractivity contribution in [3.05, 3.63) is 30.1 Å². The minimum atomic E-state index is -0.216. The zero-order valence-corrected chi connectivity index (χ0v) is 16.1. The largest absolute Gasteiger partial charge is 0.347 e. The highest BCUT2D eigenvalue weighted by atomic mass is 16.2. The van der Waals surface area contributed by atoms with E-state index in [1.54, 1.807) is 19.0 Å². The zero-order chi connectivity index (χ0) is 19.3. The first kappa shape index (κ1) is 17.0. The summed E-state index contributed by atoms with van der Waals surface area (Å²) >= 11 is 0. The molecule has 28 heavy (non-hydrogen) atoms. The molecule has 146 valence electrons. The van der Waals surface area contributed by atoms with E-state index >= 15 is 0 Å². The fraction of sp³-hybridized carbons (Fsp3) is 0.474. The monoisotopic (exact) mass is 380 g/mol. The molecule has 9 nitrogen and oxygen atoms in total. The van der Waals surface area contributed by atoms with Gasteiger partial charge in [0.05, 0.1) is 0 Å². The number of aromatic amines is 1. The van der Waals surface area contributed by atoms with Gasteiger partial charge in [0.25, 0.3) is 0 Å². The molecule has 0 unspecified atom stereocenters. The first-order valence-corrected chi connectivity index (χ1v) is 9.75. The summed E-state index contributed by atoms with van der Waals surface area (Å²) in [5.41, 5.74) is 1.95. The van der Waals surface area contributed by atoms with Crippen molar-refractivity contribution in [2.45, 2.75) is 37.6 Å². The van der Waals surface area contributed by atoms with Crippen LogP contribution in [-0.2, 0) is 4.79 Å². The minimum Gasteiger partial charge on any atom is -0.347 e. The lowest BCUT2D eigenvalue weighted by molar-refractivity contribution is -0.129. The number of fused-ring (bicyclic) bond motifs is 1. The fourth-order valence-corrected chi connectivity index (χ4v) is 3.81. The van der Waals surface area contributed by atoms with Crippen molar-refractivity contribution in [1.82, 2.24) is 29.5 Å². The van der Waals surface area contributed by atoms with Gasteiger partial charge in [0.2, 0.25) is 17.8 Å². The Morgan fingerprint density at radius 2 is 2.14 bits per heavy atom. The van der Waals surface area contributed by atoms with Crippen molar-refractivity contribution in [2.75, 3.05) is 30.9 Å². The number of aromatic nitrogens is 5. The Hall–Kier alpha value is -3.10. The summed E-state index contributed by atoms with van der Waals surface area (Å²) in [6.45, 7) is 0.773. The van der Waals surface area contributed by atoms with Crippen LogP contribution in [0.15, 0.2) is 24.4 Å². The van der Waals surface area contributed by atoms with Gasteiger partial charge in [0.1, 0.15) is 11.7 Å². The minimum absolute atomic E-state index is 0.0900. The molecule has 2 aliphatic rings. The number of H-pyrrole nitrogens is 1. The summed E-state index contributed by atoms with van der Waals surface area (Å²) in [7, 11) is 3.58. The second-order valence-corrected chi connectivity index (χ2v) is 7.78. The summed E-state index contributed by atoms with van der Waals surface area (Å²) in [6.07, 6.45) is 6.13. The van der Waals surface area contributed by atoms with Crippen LogP contribution in [0.25, 0.3) is 5.65 Å². The van der Waals surface area contributed by atoms with E-state index in [9.17, 15) is 4.79 Å². The smallest absolute Gasteiger partial charge is 0.244 e. The Balaban J connectivity index is 1.49. The lowest BCUT2D eigenvalue weighted by atomic mass is 10.2. The SMILES string of the molecule is CN(C)C(=O)[C@@H]1CCCN1c1nc(Nc2cc(C3CC3)[nH]n2)n2cccc2n1. The van der Waals surface area contributed by atoms with Crippen LogP contribution in [0.3, 0.4) is 0 Å². The topological polar surface area (TPSA) is 94.5 Å². The number of carbonyl (C=O) groups is 1. The average molecular weight is 380 g/mol. The Morgan fingerprint density at radius 1 is 1.29 bits per heavy atom. The molecule has 4 heterocycles. The Kier molecular flexibility index (Phi) is 3.96. The maximum atomic E-state index is 12.6. The number of hydrogen-bond acceptors (Lipinski definition) is 6. The standard InChI is InChI=1S/C19H24N8O/c1-25(2)17(28)14-5-3-9-26(14)19-21-16-6-4-10-27(16)18(22-19)20-15-11-13(23-24-15)12-7-8-12/h4,6,10-12,14H,3,5,7-9H2,1-2H3,(H2,20,21,22,23,24)/t14-/m0/s1. The molecule has 9 heteroatoms. The molecule has 1 aliphatic carbocycles. The summed E-state index contributed by atoms with van der Waals surface area (Å²) in [4.78, 5) is 25.7. The van der Waals surface area contributed by atoms with E-state index < -0.39 is 0 Å². The van der Waals surface area contributed by atoms with E-state index in [0.717, 1.165) is 36.5 Å². The van der Waals surface area contributed by atoms with Gasteiger partial charge in [-0.2, -0.15) is 15.1 Å². The number of hydrogen-bond donors (Lipinski definition) is 2. The van der Waals surface area contributed by atoms with E-state index in [1.807, 2.05) is 33.7 Å². The van der Waals surface area contributed by atoms with Crippen LogP contribution in [0.4, 0.5) is 17.7 Å².